The third-order valence-corrected chi connectivity index (χ3v) is 4.03. The molecule has 0 aliphatic rings. The van der Waals surface area contributed by atoms with Crippen LogP contribution in [0.2, 0.25) is 0 Å². The van der Waals surface area contributed by atoms with E-state index in [4.69, 9.17) is 13.6 Å². The number of thioether (sulfide) groups is 1. The average molecular weight is 332 g/mol. The lowest BCUT2D eigenvalue weighted by Crippen LogP contribution is -1.90. The van der Waals surface area contributed by atoms with Crippen LogP contribution in [0.3, 0.4) is 0 Å². The minimum absolute atomic E-state index is 0.0543. The number of ether oxygens (including phenoxy) is 1. The van der Waals surface area contributed by atoms with Gasteiger partial charge in [0.05, 0.1) is 18.8 Å². The van der Waals surface area contributed by atoms with E-state index >= 15 is 0 Å². The Balaban J connectivity index is 1.65. The summed E-state index contributed by atoms with van der Waals surface area (Å²) in [5, 5.41) is 16.4. The first-order chi connectivity index (χ1) is 11.1. The monoisotopic (exact) mass is 332 g/mol. The summed E-state index contributed by atoms with van der Waals surface area (Å²) in [6.45, 7) is 3.70. The van der Waals surface area contributed by atoms with Crippen LogP contribution in [0.25, 0.3) is 0 Å². The van der Waals surface area contributed by atoms with Crippen molar-refractivity contribution in [2.45, 2.75) is 30.7 Å². The first-order valence-electron chi connectivity index (χ1n) is 7.06. The maximum absolute atomic E-state index is 5.67. The normalized spacial score (nSPS) is 12.3. The molecule has 0 saturated heterocycles. The molecule has 7 nitrogen and oxygen atoms in total. The lowest BCUT2D eigenvalue weighted by atomic mass is 10.1. The van der Waals surface area contributed by atoms with Gasteiger partial charge in [-0.2, -0.15) is 0 Å². The standard InChI is InChI=1S/C15H16N4O3S/c1-9(14-18-16-10(2)21-14)23-15-19-17-13(22-15)8-11-5-4-6-12(7-11)20-3/h4-7,9H,8H2,1-3H3. The third-order valence-electron chi connectivity index (χ3n) is 3.10. The summed E-state index contributed by atoms with van der Waals surface area (Å²) >= 11 is 1.39. The second kappa shape index (κ2) is 6.82. The largest absolute Gasteiger partial charge is 0.497 e. The number of benzene rings is 1. The molecular formula is C15H16N4O3S. The lowest BCUT2D eigenvalue weighted by Gasteiger charge is -2.02. The van der Waals surface area contributed by atoms with Crippen LogP contribution in [-0.4, -0.2) is 27.5 Å². The van der Waals surface area contributed by atoms with Crippen LogP contribution in [0.15, 0.2) is 38.3 Å². The van der Waals surface area contributed by atoms with Crippen LogP contribution >= 0.6 is 11.8 Å². The first-order valence-corrected chi connectivity index (χ1v) is 7.94. The van der Waals surface area contributed by atoms with Gasteiger partial charge in [0.15, 0.2) is 0 Å². The molecule has 120 valence electrons. The highest BCUT2D eigenvalue weighted by Crippen LogP contribution is 2.33. The fraction of sp³-hybridized carbons (Fsp3) is 0.333. The number of aromatic nitrogens is 4. The smallest absolute Gasteiger partial charge is 0.277 e. The van der Waals surface area contributed by atoms with Crippen molar-refractivity contribution in [2.24, 2.45) is 0 Å². The summed E-state index contributed by atoms with van der Waals surface area (Å²) in [5.74, 6) is 2.43. The molecule has 8 heteroatoms. The van der Waals surface area contributed by atoms with Gasteiger partial charge in [0.25, 0.3) is 5.22 Å². The number of aryl methyl sites for hydroxylation is 1. The van der Waals surface area contributed by atoms with Gasteiger partial charge in [0, 0.05) is 6.92 Å². The summed E-state index contributed by atoms with van der Waals surface area (Å²) in [7, 11) is 1.64. The minimum atomic E-state index is -0.0543. The van der Waals surface area contributed by atoms with Crippen LogP contribution in [0, 0.1) is 6.92 Å². The number of rotatable bonds is 6. The number of methoxy groups -OCH3 is 1. The van der Waals surface area contributed by atoms with Gasteiger partial charge in [-0.25, -0.2) is 0 Å². The lowest BCUT2D eigenvalue weighted by molar-refractivity contribution is 0.411. The molecule has 0 bridgehead atoms. The van der Waals surface area contributed by atoms with Gasteiger partial charge in [0.2, 0.25) is 17.7 Å². The second-order valence-electron chi connectivity index (χ2n) is 4.91. The molecule has 1 atom stereocenters. The van der Waals surface area contributed by atoms with Crippen LogP contribution in [0.1, 0.15) is 35.4 Å². The zero-order valence-corrected chi connectivity index (χ0v) is 13.8. The predicted octanol–water partition coefficient (Wildman–Crippen LogP) is 3.21. The molecule has 0 spiro atoms. The van der Waals surface area contributed by atoms with E-state index in [0.717, 1.165) is 11.3 Å². The van der Waals surface area contributed by atoms with Gasteiger partial charge in [-0.05, 0) is 24.6 Å². The van der Waals surface area contributed by atoms with E-state index in [9.17, 15) is 0 Å². The van der Waals surface area contributed by atoms with E-state index in [1.54, 1.807) is 14.0 Å². The zero-order chi connectivity index (χ0) is 16.2. The molecule has 3 aromatic rings. The summed E-state index contributed by atoms with van der Waals surface area (Å²) in [6, 6.07) is 7.76. The molecule has 0 amide bonds. The molecule has 1 unspecified atom stereocenters. The van der Waals surface area contributed by atoms with Gasteiger partial charge in [-0.1, -0.05) is 23.9 Å². The van der Waals surface area contributed by atoms with E-state index in [1.165, 1.54) is 11.8 Å². The van der Waals surface area contributed by atoms with Crippen molar-refractivity contribution in [3.8, 4) is 5.75 Å². The van der Waals surface area contributed by atoms with Crippen molar-refractivity contribution < 1.29 is 13.6 Å². The van der Waals surface area contributed by atoms with Gasteiger partial charge in [-0.3, -0.25) is 0 Å². The third kappa shape index (κ3) is 3.89. The molecule has 0 N–H and O–H groups in total. The Morgan fingerprint density at radius 1 is 1.17 bits per heavy atom. The molecule has 3 rings (SSSR count). The van der Waals surface area contributed by atoms with Crippen molar-refractivity contribution in [3.63, 3.8) is 0 Å². The van der Waals surface area contributed by atoms with Crippen molar-refractivity contribution in [1.82, 2.24) is 20.4 Å². The fourth-order valence-corrected chi connectivity index (χ4v) is 2.72. The van der Waals surface area contributed by atoms with Crippen LogP contribution in [0.5, 0.6) is 5.75 Å². The van der Waals surface area contributed by atoms with E-state index < -0.39 is 0 Å². The maximum atomic E-state index is 5.67. The van der Waals surface area contributed by atoms with E-state index in [0.29, 0.717) is 29.3 Å². The van der Waals surface area contributed by atoms with Crippen molar-refractivity contribution >= 4 is 11.8 Å². The molecular weight excluding hydrogens is 316 g/mol. The Hall–Kier alpha value is -2.35. The molecule has 2 heterocycles. The zero-order valence-electron chi connectivity index (χ0n) is 13.0. The summed E-state index contributed by atoms with van der Waals surface area (Å²) in [5.41, 5.74) is 1.05. The molecule has 0 aliphatic carbocycles. The topological polar surface area (TPSA) is 87.1 Å². The number of hydrogen-bond acceptors (Lipinski definition) is 8. The highest BCUT2D eigenvalue weighted by molar-refractivity contribution is 7.99. The summed E-state index contributed by atoms with van der Waals surface area (Å²) in [4.78, 5) is 0. The molecule has 0 fully saturated rings. The Bertz CT molecular complexity index is 786. The van der Waals surface area contributed by atoms with Gasteiger partial charge in [-0.15, -0.1) is 20.4 Å². The second-order valence-corrected chi connectivity index (χ2v) is 6.20. The Labute approximate surface area is 137 Å². The van der Waals surface area contributed by atoms with Crippen LogP contribution in [0.4, 0.5) is 0 Å². The van der Waals surface area contributed by atoms with Gasteiger partial charge < -0.3 is 13.6 Å². The van der Waals surface area contributed by atoms with Crippen molar-refractivity contribution in [2.75, 3.05) is 7.11 Å². The molecule has 0 saturated carbocycles. The van der Waals surface area contributed by atoms with Crippen molar-refractivity contribution in [1.29, 1.82) is 0 Å². The highest BCUT2D eigenvalue weighted by atomic mass is 32.2. The predicted molar refractivity (Wildman–Crippen MR) is 83.4 cm³/mol. The van der Waals surface area contributed by atoms with Gasteiger partial charge in [0.1, 0.15) is 5.75 Å². The minimum Gasteiger partial charge on any atom is -0.497 e. The molecule has 1 aromatic carbocycles. The quantitative estimate of drug-likeness (QED) is 0.636. The van der Waals surface area contributed by atoms with E-state index in [-0.39, 0.29) is 5.25 Å². The maximum Gasteiger partial charge on any atom is 0.277 e. The number of hydrogen-bond donors (Lipinski definition) is 0. The number of nitrogens with zero attached hydrogens (tertiary/aromatic N) is 4. The molecule has 2 aromatic heterocycles. The summed E-state index contributed by atoms with van der Waals surface area (Å²) < 4.78 is 16.3. The van der Waals surface area contributed by atoms with Crippen LogP contribution < -0.4 is 4.74 Å². The Kier molecular flexibility index (Phi) is 4.61. The molecule has 0 aliphatic heterocycles. The average Bonchev–Trinajstić information content (AvgIpc) is 3.16. The SMILES string of the molecule is COc1cccc(Cc2nnc(SC(C)c3nnc(C)o3)o2)c1. The molecule has 0 radical (unpaired) electrons. The van der Waals surface area contributed by atoms with Crippen LogP contribution in [-0.2, 0) is 6.42 Å². The Morgan fingerprint density at radius 2 is 2.04 bits per heavy atom. The first kappa shape index (κ1) is 15.5. The Morgan fingerprint density at radius 3 is 2.78 bits per heavy atom. The summed E-state index contributed by atoms with van der Waals surface area (Å²) in [6.07, 6.45) is 0.554. The fourth-order valence-electron chi connectivity index (χ4n) is 1.99. The molecule has 23 heavy (non-hydrogen) atoms. The van der Waals surface area contributed by atoms with E-state index in [2.05, 4.69) is 20.4 Å². The van der Waals surface area contributed by atoms with E-state index in [1.807, 2.05) is 31.2 Å². The van der Waals surface area contributed by atoms with Gasteiger partial charge >= 0.3 is 0 Å². The highest BCUT2D eigenvalue weighted by Gasteiger charge is 2.18. The van der Waals surface area contributed by atoms with Crippen molar-refractivity contribution in [3.05, 3.63) is 47.5 Å².